The van der Waals surface area contributed by atoms with Gasteiger partial charge >= 0.3 is 0 Å². The molecule has 6 nitrogen and oxygen atoms in total. The number of carbonyl (C=O) groups is 2. The molecule has 142 valence electrons. The number of anilines is 2. The second-order valence-corrected chi connectivity index (χ2v) is 6.06. The molecule has 1 fully saturated rings. The summed E-state index contributed by atoms with van der Waals surface area (Å²) in [6.07, 6.45) is -0.0158. The fourth-order valence-electron chi connectivity index (χ4n) is 2.94. The lowest BCUT2D eigenvalue weighted by Gasteiger charge is -2.17. The van der Waals surface area contributed by atoms with Crippen molar-refractivity contribution in [2.24, 2.45) is 5.92 Å². The van der Waals surface area contributed by atoms with E-state index in [9.17, 15) is 18.4 Å². The Morgan fingerprint density at radius 3 is 2.48 bits per heavy atom. The van der Waals surface area contributed by atoms with E-state index in [1.807, 2.05) is 0 Å². The highest BCUT2D eigenvalue weighted by atomic mass is 19.2. The van der Waals surface area contributed by atoms with Gasteiger partial charge in [0, 0.05) is 36.5 Å². The minimum Gasteiger partial charge on any atom is -0.493 e. The number of carbonyl (C=O) groups excluding carboxylic acids is 2. The summed E-state index contributed by atoms with van der Waals surface area (Å²) in [5.41, 5.74) is 0.719. The van der Waals surface area contributed by atoms with Crippen molar-refractivity contribution < 1.29 is 27.8 Å². The van der Waals surface area contributed by atoms with E-state index >= 15 is 0 Å². The van der Waals surface area contributed by atoms with Crippen molar-refractivity contribution in [1.29, 1.82) is 0 Å². The highest BCUT2D eigenvalue weighted by molar-refractivity contribution is 6.03. The van der Waals surface area contributed by atoms with E-state index in [0.29, 0.717) is 17.2 Å². The van der Waals surface area contributed by atoms with Crippen LogP contribution in [0.5, 0.6) is 11.5 Å². The van der Waals surface area contributed by atoms with Crippen molar-refractivity contribution in [3.8, 4) is 11.5 Å². The second kappa shape index (κ2) is 7.61. The van der Waals surface area contributed by atoms with Gasteiger partial charge in [0.05, 0.1) is 20.1 Å². The quantitative estimate of drug-likeness (QED) is 0.871. The molecule has 2 aromatic carbocycles. The van der Waals surface area contributed by atoms with E-state index in [2.05, 4.69) is 5.32 Å². The fourth-order valence-corrected chi connectivity index (χ4v) is 2.94. The first-order valence-corrected chi connectivity index (χ1v) is 8.21. The van der Waals surface area contributed by atoms with Gasteiger partial charge in [0.15, 0.2) is 23.1 Å². The van der Waals surface area contributed by atoms with Gasteiger partial charge in [-0.15, -0.1) is 0 Å². The van der Waals surface area contributed by atoms with E-state index in [1.165, 1.54) is 25.2 Å². The molecule has 1 N–H and O–H groups in total. The topological polar surface area (TPSA) is 67.9 Å². The lowest BCUT2D eigenvalue weighted by Crippen LogP contribution is -2.28. The van der Waals surface area contributed by atoms with Gasteiger partial charge in [0.2, 0.25) is 11.8 Å². The molecule has 0 aromatic heterocycles. The first kappa shape index (κ1) is 18.6. The van der Waals surface area contributed by atoms with Gasteiger partial charge in [-0.3, -0.25) is 9.59 Å². The summed E-state index contributed by atoms with van der Waals surface area (Å²) in [5.74, 6) is -2.34. The van der Waals surface area contributed by atoms with Crippen LogP contribution in [-0.2, 0) is 9.59 Å². The Kier molecular flexibility index (Phi) is 5.25. The van der Waals surface area contributed by atoms with Crippen molar-refractivity contribution in [2.75, 3.05) is 31.0 Å². The summed E-state index contributed by atoms with van der Waals surface area (Å²) >= 11 is 0. The maximum absolute atomic E-state index is 13.4. The Morgan fingerprint density at radius 1 is 1.07 bits per heavy atom. The molecular weight excluding hydrogens is 358 g/mol. The van der Waals surface area contributed by atoms with E-state index < -0.39 is 17.6 Å². The second-order valence-electron chi connectivity index (χ2n) is 6.06. The van der Waals surface area contributed by atoms with E-state index in [0.717, 1.165) is 12.1 Å². The van der Waals surface area contributed by atoms with Crippen molar-refractivity contribution in [3.63, 3.8) is 0 Å². The van der Waals surface area contributed by atoms with E-state index in [-0.39, 0.29) is 30.5 Å². The lowest BCUT2D eigenvalue weighted by atomic mass is 10.1. The highest BCUT2D eigenvalue weighted by Gasteiger charge is 2.35. The Morgan fingerprint density at radius 2 is 1.81 bits per heavy atom. The minimum absolute atomic E-state index is 0.0158. The maximum Gasteiger partial charge on any atom is 0.229 e. The van der Waals surface area contributed by atoms with Crippen LogP contribution in [0.4, 0.5) is 20.2 Å². The average molecular weight is 376 g/mol. The third kappa shape index (κ3) is 3.84. The third-order valence-corrected chi connectivity index (χ3v) is 4.36. The van der Waals surface area contributed by atoms with Gasteiger partial charge in [-0.25, -0.2) is 8.78 Å². The number of hydrogen-bond donors (Lipinski definition) is 1. The molecule has 2 amide bonds. The van der Waals surface area contributed by atoms with Gasteiger partial charge < -0.3 is 19.7 Å². The van der Waals surface area contributed by atoms with Crippen LogP contribution in [0.15, 0.2) is 36.4 Å². The number of halogens is 2. The number of methoxy groups -OCH3 is 2. The summed E-state index contributed by atoms with van der Waals surface area (Å²) < 4.78 is 36.8. The molecular formula is C19H18F2N2O4. The average Bonchev–Trinajstić information content (AvgIpc) is 3.05. The summed E-state index contributed by atoms with van der Waals surface area (Å²) in [5, 5.41) is 2.74. The molecule has 1 heterocycles. The van der Waals surface area contributed by atoms with E-state index in [4.69, 9.17) is 9.47 Å². The summed E-state index contributed by atoms with van der Waals surface area (Å²) in [7, 11) is 2.99. The molecule has 1 saturated heterocycles. The van der Waals surface area contributed by atoms with Crippen LogP contribution in [0.3, 0.4) is 0 Å². The largest absolute Gasteiger partial charge is 0.493 e. The maximum atomic E-state index is 13.4. The van der Waals surface area contributed by atoms with Crippen LogP contribution in [0.2, 0.25) is 0 Å². The molecule has 3 rings (SSSR count). The van der Waals surface area contributed by atoms with Crippen molar-refractivity contribution >= 4 is 23.2 Å². The number of nitrogens with one attached hydrogen (secondary N) is 1. The molecule has 0 bridgehead atoms. The number of hydrogen-bond acceptors (Lipinski definition) is 4. The number of rotatable bonds is 5. The van der Waals surface area contributed by atoms with Crippen molar-refractivity contribution in [1.82, 2.24) is 0 Å². The molecule has 27 heavy (non-hydrogen) atoms. The van der Waals surface area contributed by atoms with Gasteiger partial charge in [-0.2, -0.15) is 0 Å². The zero-order chi connectivity index (χ0) is 19.6. The van der Waals surface area contributed by atoms with Gasteiger partial charge in [0.25, 0.3) is 0 Å². The van der Waals surface area contributed by atoms with E-state index in [1.54, 1.807) is 18.2 Å². The summed E-state index contributed by atoms with van der Waals surface area (Å²) in [6.45, 7) is 0.0863. The zero-order valence-corrected chi connectivity index (χ0v) is 14.8. The predicted molar refractivity (Wildman–Crippen MR) is 95.0 cm³/mol. The molecule has 1 unspecified atom stereocenters. The van der Waals surface area contributed by atoms with Crippen LogP contribution < -0.4 is 19.7 Å². The number of amides is 2. The van der Waals surface area contributed by atoms with Gasteiger partial charge in [0.1, 0.15) is 0 Å². The summed E-state index contributed by atoms with van der Waals surface area (Å²) in [6, 6.07) is 8.13. The molecule has 0 saturated carbocycles. The van der Waals surface area contributed by atoms with Crippen LogP contribution in [0, 0.1) is 17.6 Å². The fraction of sp³-hybridized carbons (Fsp3) is 0.263. The molecule has 2 aromatic rings. The minimum atomic E-state index is -1.04. The molecule has 0 radical (unpaired) electrons. The van der Waals surface area contributed by atoms with Crippen LogP contribution in [0.1, 0.15) is 6.42 Å². The van der Waals surface area contributed by atoms with Crippen LogP contribution in [-0.4, -0.2) is 32.6 Å². The first-order chi connectivity index (χ1) is 12.9. The van der Waals surface area contributed by atoms with Crippen molar-refractivity contribution in [2.45, 2.75) is 6.42 Å². The predicted octanol–water partition coefficient (Wildman–Crippen LogP) is 2.97. The molecule has 1 aliphatic rings. The number of benzene rings is 2. The Balaban J connectivity index is 1.71. The Labute approximate surface area is 154 Å². The monoisotopic (exact) mass is 376 g/mol. The normalized spacial score (nSPS) is 16.4. The Hall–Kier alpha value is -3.16. The molecule has 8 heteroatoms. The zero-order valence-electron chi connectivity index (χ0n) is 14.8. The van der Waals surface area contributed by atoms with Gasteiger partial charge in [-0.05, 0) is 24.3 Å². The molecule has 0 aliphatic carbocycles. The highest BCUT2D eigenvalue weighted by Crippen LogP contribution is 2.31. The van der Waals surface area contributed by atoms with Crippen molar-refractivity contribution in [3.05, 3.63) is 48.0 Å². The van der Waals surface area contributed by atoms with Crippen LogP contribution in [0.25, 0.3) is 0 Å². The number of nitrogens with zero attached hydrogens (tertiary/aromatic N) is 1. The first-order valence-electron chi connectivity index (χ1n) is 8.21. The smallest absolute Gasteiger partial charge is 0.229 e. The molecule has 1 aliphatic heterocycles. The molecule has 0 spiro atoms. The lowest BCUT2D eigenvalue weighted by molar-refractivity contribution is -0.122. The summed E-state index contributed by atoms with van der Waals surface area (Å²) in [4.78, 5) is 26.0. The standard InChI is InChI=1S/C19H18F2N2O4/c1-26-16-6-3-12(8-17(16)27-2)22-19(25)11-7-18(24)23(10-11)13-4-5-14(20)15(21)9-13/h3-6,8-9,11H,7,10H2,1-2H3,(H,22,25). The molecule has 1 atom stereocenters. The number of ether oxygens (including phenoxy) is 2. The van der Waals surface area contributed by atoms with Crippen LogP contribution >= 0.6 is 0 Å². The van der Waals surface area contributed by atoms with Gasteiger partial charge in [-0.1, -0.05) is 0 Å². The third-order valence-electron chi connectivity index (χ3n) is 4.36. The SMILES string of the molecule is COc1ccc(NC(=O)C2CC(=O)N(c3ccc(F)c(F)c3)C2)cc1OC. The Bertz CT molecular complexity index is 888.